The highest BCUT2D eigenvalue weighted by Crippen LogP contribution is 2.35. The molecule has 4 nitrogen and oxygen atoms in total. The lowest BCUT2D eigenvalue weighted by atomic mass is 10.0. The second kappa shape index (κ2) is 6.66. The first-order valence-corrected chi connectivity index (χ1v) is 10.4. The summed E-state index contributed by atoms with van der Waals surface area (Å²) in [4.78, 5) is 7.25. The van der Waals surface area contributed by atoms with Gasteiger partial charge in [-0.25, -0.2) is 4.98 Å². The zero-order valence-corrected chi connectivity index (χ0v) is 16.6. The Morgan fingerprint density at radius 1 is 1.19 bits per heavy atom. The summed E-state index contributed by atoms with van der Waals surface area (Å²) < 4.78 is 1.26. The standard InChI is InChI=1S/C21H19ClN4S/c1-2-13-3-8-18-19(11-13)27-21(23-18)26-10-9-17-16(12-26)20(25-24-17)14-4-6-15(22)7-5-14/h3-8,11H,2,9-10,12H2,1H3,(H,24,25). The van der Waals surface area contributed by atoms with Crippen molar-refractivity contribution in [3.8, 4) is 11.3 Å². The van der Waals surface area contributed by atoms with Crippen molar-refractivity contribution < 1.29 is 0 Å². The Balaban J connectivity index is 1.49. The third-order valence-corrected chi connectivity index (χ3v) is 6.50. The van der Waals surface area contributed by atoms with Crippen molar-refractivity contribution in [2.75, 3.05) is 11.4 Å². The molecule has 1 aliphatic heterocycles. The summed E-state index contributed by atoms with van der Waals surface area (Å²) in [5.74, 6) is 0. The SMILES string of the molecule is CCc1ccc2nc(N3CCc4[nH]nc(-c5ccc(Cl)cc5)c4C3)sc2c1. The van der Waals surface area contributed by atoms with Crippen molar-refractivity contribution in [2.45, 2.75) is 26.3 Å². The van der Waals surface area contributed by atoms with Crippen molar-refractivity contribution in [2.24, 2.45) is 0 Å². The van der Waals surface area contributed by atoms with Crippen LogP contribution in [-0.2, 0) is 19.4 Å². The minimum absolute atomic E-state index is 0.741. The maximum atomic E-state index is 6.04. The van der Waals surface area contributed by atoms with Gasteiger partial charge in [-0.1, -0.05) is 48.1 Å². The smallest absolute Gasteiger partial charge is 0.186 e. The summed E-state index contributed by atoms with van der Waals surface area (Å²) in [6.45, 7) is 3.96. The average molecular weight is 395 g/mol. The van der Waals surface area contributed by atoms with E-state index in [1.807, 2.05) is 24.3 Å². The van der Waals surface area contributed by atoms with Crippen LogP contribution in [-0.4, -0.2) is 21.7 Å². The number of nitrogens with zero attached hydrogens (tertiary/aromatic N) is 3. The van der Waals surface area contributed by atoms with E-state index in [2.05, 4.69) is 40.2 Å². The molecular weight excluding hydrogens is 376 g/mol. The van der Waals surface area contributed by atoms with Crippen LogP contribution in [0, 0.1) is 0 Å². The van der Waals surface area contributed by atoms with Gasteiger partial charge < -0.3 is 4.90 Å². The Hall–Kier alpha value is -2.37. The highest BCUT2D eigenvalue weighted by Gasteiger charge is 2.24. The molecule has 6 heteroatoms. The molecule has 0 fully saturated rings. The van der Waals surface area contributed by atoms with Crippen LogP contribution in [0.5, 0.6) is 0 Å². The van der Waals surface area contributed by atoms with Gasteiger partial charge in [-0.3, -0.25) is 5.10 Å². The van der Waals surface area contributed by atoms with E-state index in [0.717, 1.165) is 52.9 Å². The number of aryl methyl sites for hydroxylation is 1. The van der Waals surface area contributed by atoms with Crippen LogP contribution >= 0.6 is 22.9 Å². The van der Waals surface area contributed by atoms with E-state index in [4.69, 9.17) is 16.6 Å². The minimum Gasteiger partial charge on any atom is -0.343 e. The molecule has 3 heterocycles. The van der Waals surface area contributed by atoms with E-state index < -0.39 is 0 Å². The number of thiazole rings is 1. The molecule has 2 aromatic heterocycles. The van der Waals surface area contributed by atoms with Crippen molar-refractivity contribution in [1.82, 2.24) is 15.2 Å². The third-order valence-electron chi connectivity index (χ3n) is 5.17. The molecule has 0 radical (unpaired) electrons. The number of aromatic amines is 1. The topological polar surface area (TPSA) is 44.8 Å². The summed E-state index contributed by atoms with van der Waals surface area (Å²) in [6.07, 6.45) is 2.00. The lowest BCUT2D eigenvalue weighted by molar-refractivity contribution is 0.719. The van der Waals surface area contributed by atoms with E-state index in [1.165, 1.54) is 21.5 Å². The Morgan fingerprint density at radius 3 is 2.85 bits per heavy atom. The summed E-state index contributed by atoms with van der Waals surface area (Å²) in [5, 5.41) is 9.64. The second-order valence-electron chi connectivity index (χ2n) is 6.86. The van der Waals surface area contributed by atoms with Crippen LogP contribution in [0.3, 0.4) is 0 Å². The minimum atomic E-state index is 0.741. The zero-order chi connectivity index (χ0) is 18.4. The molecule has 0 saturated heterocycles. The number of hydrogen-bond donors (Lipinski definition) is 1. The highest BCUT2D eigenvalue weighted by atomic mass is 35.5. The Labute approximate surface area is 166 Å². The lowest BCUT2D eigenvalue weighted by Gasteiger charge is -2.26. The number of anilines is 1. The summed E-state index contributed by atoms with van der Waals surface area (Å²) in [5.41, 5.74) is 7.04. The molecule has 0 amide bonds. The molecule has 4 aromatic rings. The van der Waals surface area contributed by atoms with Crippen LogP contribution in [0.15, 0.2) is 42.5 Å². The van der Waals surface area contributed by atoms with Gasteiger partial charge >= 0.3 is 0 Å². The average Bonchev–Trinajstić information content (AvgIpc) is 3.31. The van der Waals surface area contributed by atoms with Crippen LogP contribution in [0.2, 0.25) is 5.02 Å². The number of H-pyrrole nitrogens is 1. The van der Waals surface area contributed by atoms with Gasteiger partial charge in [0.15, 0.2) is 5.13 Å². The summed E-state index contributed by atoms with van der Waals surface area (Å²) in [7, 11) is 0. The first-order valence-electron chi connectivity index (χ1n) is 9.17. The molecule has 0 saturated carbocycles. The van der Waals surface area contributed by atoms with Gasteiger partial charge in [-0.15, -0.1) is 0 Å². The second-order valence-corrected chi connectivity index (χ2v) is 8.31. The number of fused-ring (bicyclic) bond motifs is 2. The number of benzene rings is 2. The molecule has 1 N–H and O–H groups in total. The van der Waals surface area contributed by atoms with Gasteiger partial charge in [0.1, 0.15) is 0 Å². The fourth-order valence-corrected chi connectivity index (χ4v) is 4.80. The molecule has 0 spiro atoms. The summed E-state index contributed by atoms with van der Waals surface area (Å²) in [6, 6.07) is 14.5. The summed E-state index contributed by atoms with van der Waals surface area (Å²) >= 11 is 7.82. The van der Waals surface area contributed by atoms with Crippen molar-refractivity contribution >= 4 is 38.3 Å². The first kappa shape index (κ1) is 16.8. The van der Waals surface area contributed by atoms with Crippen LogP contribution in [0.4, 0.5) is 5.13 Å². The van der Waals surface area contributed by atoms with Crippen molar-refractivity contribution in [3.05, 3.63) is 64.3 Å². The molecular formula is C21H19ClN4S. The normalized spacial score (nSPS) is 13.9. The van der Waals surface area contributed by atoms with Crippen LogP contribution in [0.1, 0.15) is 23.7 Å². The molecule has 0 unspecified atom stereocenters. The molecule has 0 atom stereocenters. The molecule has 27 heavy (non-hydrogen) atoms. The van der Waals surface area contributed by atoms with E-state index in [9.17, 15) is 0 Å². The number of rotatable bonds is 3. The van der Waals surface area contributed by atoms with E-state index >= 15 is 0 Å². The van der Waals surface area contributed by atoms with E-state index in [0.29, 0.717) is 0 Å². The van der Waals surface area contributed by atoms with Gasteiger partial charge in [0.25, 0.3) is 0 Å². The van der Waals surface area contributed by atoms with Crippen molar-refractivity contribution in [1.29, 1.82) is 0 Å². The maximum Gasteiger partial charge on any atom is 0.186 e. The largest absolute Gasteiger partial charge is 0.343 e. The fourth-order valence-electron chi connectivity index (χ4n) is 3.62. The van der Waals surface area contributed by atoms with Crippen LogP contribution < -0.4 is 4.90 Å². The van der Waals surface area contributed by atoms with Crippen LogP contribution in [0.25, 0.3) is 21.5 Å². The molecule has 1 aliphatic rings. The molecule has 0 aliphatic carbocycles. The maximum absolute atomic E-state index is 6.04. The number of aromatic nitrogens is 3. The Kier molecular flexibility index (Phi) is 4.14. The monoisotopic (exact) mass is 394 g/mol. The van der Waals surface area contributed by atoms with E-state index in [1.54, 1.807) is 11.3 Å². The molecule has 5 rings (SSSR count). The quantitative estimate of drug-likeness (QED) is 0.501. The number of hydrogen-bond acceptors (Lipinski definition) is 4. The van der Waals surface area contributed by atoms with Crippen molar-refractivity contribution in [3.63, 3.8) is 0 Å². The van der Waals surface area contributed by atoms with Gasteiger partial charge in [0, 0.05) is 41.4 Å². The highest BCUT2D eigenvalue weighted by molar-refractivity contribution is 7.22. The zero-order valence-electron chi connectivity index (χ0n) is 15.0. The van der Waals surface area contributed by atoms with Gasteiger partial charge in [0.2, 0.25) is 0 Å². The lowest BCUT2D eigenvalue weighted by Crippen LogP contribution is -2.30. The Bertz CT molecular complexity index is 1110. The predicted octanol–water partition coefficient (Wildman–Crippen LogP) is 5.46. The van der Waals surface area contributed by atoms with Gasteiger partial charge in [-0.05, 0) is 36.2 Å². The molecule has 2 aromatic carbocycles. The fraction of sp³-hybridized carbons (Fsp3) is 0.238. The van der Waals surface area contributed by atoms with Gasteiger partial charge in [0.05, 0.1) is 15.9 Å². The Morgan fingerprint density at radius 2 is 2.04 bits per heavy atom. The molecule has 136 valence electrons. The molecule has 0 bridgehead atoms. The first-order chi connectivity index (χ1) is 13.2. The third kappa shape index (κ3) is 3.01. The van der Waals surface area contributed by atoms with E-state index in [-0.39, 0.29) is 0 Å². The van der Waals surface area contributed by atoms with Gasteiger partial charge in [-0.2, -0.15) is 5.10 Å². The predicted molar refractivity (Wildman–Crippen MR) is 113 cm³/mol. The number of halogens is 1. The number of nitrogens with one attached hydrogen (secondary N) is 1.